The molecule has 0 bridgehead atoms. The largest absolute Gasteiger partial charge is 0.490 e. The minimum atomic E-state index is -0.779. The molecular formula is C60H44N6+2. The van der Waals surface area contributed by atoms with Crippen molar-refractivity contribution >= 4 is 6.01 Å². The molecule has 1 aliphatic heterocycles. The Kier molecular flexibility index (Phi) is 8.22. The van der Waals surface area contributed by atoms with Gasteiger partial charge >= 0.3 is 6.01 Å². The Morgan fingerprint density at radius 1 is 0.439 bits per heavy atom. The monoisotopic (exact) mass is 848 g/mol. The summed E-state index contributed by atoms with van der Waals surface area (Å²) < 4.78 is 4.25. The first-order valence-corrected chi connectivity index (χ1v) is 22.7. The van der Waals surface area contributed by atoms with Crippen LogP contribution in [0.15, 0.2) is 207 Å². The molecule has 312 valence electrons. The van der Waals surface area contributed by atoms with Gasteiger partial charge in [-0.15, -0.1) is 0 Å². The van der Waals surface area contributed by atoms with Crippen LogP contribution in [0.3, 0.4) is 0 Å². The fourth-order valence-corrected chi connectivity index (χ4v) is 12.1. The van der Waals surface area contributed by atoms with Gasteiger partial charge < -0.3 is 0 Å². The lowest BCUT2D eigenvalue weighted by Gasteiger charge is -2.37. The van der Waals surface area contributed by atoms with Crippen molar-refractivity contribution in [2.75, 3.05) is 7.05 Å². The van der Waals surface area contributed by atoms with Crippen molar-refractivity contribution in [3.63, 3.8) is 0 Å². The van der Waals surface area contributed by atoms with E-state index in [0.29, 0.717) is 5.92 Å². The molecule has 13 rings (SSSR count). The van der Waals surface area contributed by atoms with Crippen LogP contribution in [0.1, 0.15) is 86.7 Å². The number of hydrogen-bond donors (Lipinski definition) is 0. The van der Waals surface area contributed by atoms with Crippen LogP contribution < -0.4 is 0 Å². The predicted octanol–water partition coefficient (Wildman–Crippen LogP) is 11.7. The number of aromatic nitrogens is 4. The van der Waals surface area contributed by atoms with Crippen LogP contribution in [-0.2, 0) is 16.4 Å². The van der Waals surface area contributed by atoms with Crippen LogP contribution in [0.4, 0.5) is 0 Å². The summed E-state index contributed by atoms with van der Waals surface area (Å²) in [7, 11) is 2.03. The van der Waals surface area contributed by atoms with Crippen LogP contribution in [0.25, 0.3) is 33.4 Å². The van der Waals surface area contributed by atoms with Gasteiger partial charge in [-0.3, -0.25) is 19.9 Å². The van der Waals surface area contributed by atoms with Crippen LogP contribution >= 0.6 is 0 Å². The molecule has 6 nitrogen and oxygen atoms in total. The fourth-order valence-electron chi connectivity index (χ4n) is 12.1. The second-order valence-corrected chi connectivity index (χ2v) is 18.3. The third-order valence-electron chi connectivity index (χ3n) is 14.9. The van der Waals surface area contributed by atoms with E-state index in [1.54, 1.807) is 0 Å². The summed E-state index contributed by atoms with van der Waals surface area (Å²) in [5.41, 5.74) is 18.6. The molecule has 3 aliphatic carbocycles. The molecule has 0 N–H and O–H groups in total. The van der Waals surface area contributed by atoms with Gasteiger partial charge in [-0.2, -0.15) is 0 Å². The number of fused-ring (bicyclic) bond motifs is 9. The minimum Gasteiger partial charge on any atom is -0.264 e. The summed E-state index contributed by atoms with van der Waals surface area (Å²) in [6.45, 7) is 4.51. The highest BCUT2D eigenvalue weighted by Crippen LogP contribution is 2.60. The van der Waals surface area contributed by atoms with Crippen molar-refractivity contribution < 1.29 is 9.15 Å². The molecule has 3 unspecified atom stereocenters. The van der Waals surface area contributed by atoms with Gasteiger partial charge in [0.05, 0.1) is 22.1 Å². The molecule has 0 saturated carbocycles. The van der Waals surface area contributed by atoms with E-state index in [1.165, 1.54) is 55.6 Å². The molecule has 6 heteroatoms. The molecule has 0 amide bonds. The zero-order chi connectivity index (χ0) is 44.2. The molecule has 0 saturated heterocycles. The Bertz CT molecular complexity index is 3470. The van der Waals surface area contributed by atoms with Crippen molar-refractivity contribution in [1.29, 1.82) is 0 Å². The summed E-state index contributed by atoms with van der Waals surface area (Å²) in [6, 6.07) is 59.9. The molecule has 66 heavy (non-hydrogen) atoms. The Morgan fingerprint density at radius 2 is 0.924 bits per heavy atom. The first-order chi connectivity index (χ1) is 32.5. The predicted molar refractivity (Wildman–Crippen MR) is 259 cm³/mol. The SMILES string of the molecule is CC(C)c1ccnc(C2(c3cccc(C4(c5cccc(C6([N+]7=C=[N+](C)C=C7)c7ccccc7-c7ccncc76)c5)c5ccccc5-c5ccncc54)c3)c3ccccc3-c3ccncc32)c1. The van der Waals surface area contributed by atoms with Gasteiger partial charge in [0.1, 0.15) is 0 Å². The van der Waals surface area contributed by atoms with Crippen LogP contribution in [-0.4, -0.2) is 42.1 Å². The van der Waals surface area contributed by atoms with Crippen molar-refractivity contribution in [1.82, 2.24) is 19.9 Å². The molecule has 0 fully saturated rings. The number of nitrogens with zero attached hydrogens (tertiary/aromatic N) is 6. The van der Waals surface area contributed by atoms with Crippen molar-refractivity contribution in [3.05, 3.63) is 274 Å². The van der Waals surface area contributed by atoms with E-state index in [0.717, 1.165) is 44.6 Å². The molecular weight excluding hydrogens is 805 g/mol. The van der Waals surface area contributed by atoms with Crippen molar-refractivity contribution in [2.24, 2.45) is 0 Å². The maximum Gasteiger partial charge on any atom is 0.490 e. The Morgan fingerprint density at radius 3 is 1.53 bits per heavy atom. The van der Waals surface area contributed by atoms with E-state index in [2.05, 4.69) is 201 Å². The average molecular weight is 849 g/mol. The molecule has 9 aromatic rings. The first-order valence-electron chi connectivity index (χ1n) is 22.7. The Hall–Kier alpha value is -8.18. The third kappa shape index (κ3) is 4.91. The maximum absolute atomic E-state index is 5.31. The van der Waals surface area contributed by atoms with E-state index in [-0.39, 0.29) is 0 Å². The van der Waals surface area contributed by atoms with Gasteiger partial charge in [-0.25, -0.2) is 0 Å². The normalized spacial score (nSPS) is 20.2. The summed E-state index contributed by atoms with van der Waals surface area (Å²) in [5.74, 6) is 0.319. The number of pyridine rings is 4. The molecule has 4 aliphatic rings. The molecule has 5 heterocycles. The molecule has 0 spiro atoms. The van der Waals surface area contributed by atoms with Crippen molar-refractivity contribution in [3.8, 4) is 33.4 Å². The van der Waals surface area contributed by atoms with Gasteiger partial charge in [0, 0.05) is 54.5 Å². The second kappa shape index (κ2) is 14.2. The molecule has 4 aromatic heterocycles. The lowest BCUT2D eigenvalue weighted by atomic mass is 9.64. The Labute approximate surface area is 384 Å². The zero-order valence-electron chi connectivity index (χ0n) is 36.9. The van der Waals surface area contributed by atoms with Gasteiger partial charge in [0.15, 0.2) is 7.05 Å². The topological polar surface area (TPSA) is 57.6 Å². The fraction of sp³-hybridized carbons (Fsp3) is 0.117. The van der Waals surface area contributed by atoms with E-state index in [1.807, 2.05) is 42.6 Å². The number of rotatable bonds is 7. The standard InChI is InChI=1S/C60H44N6/c1-39(2)40-22-29-64-57(32-40)59(52-20-8-5-17-46(52)49-24-27-62-36-55(49)59)43-14-10-12-41(33-43)58(51-19-7-4-16-45(51)48-23-26-61-35-54(48)58)42-13-11-15-44(34-42)60(66-31-30-65(3)38-66)53-21-9-6-18-47(53)50-25-28-63-37-56(50)60/h4-37,39H,1-3H3/q+2. The summed E-state index contributed by atoms with van der Waals surface area (Å²) >= 11 is 0. The van der Waals surface area contributed by atoms with Crippen molar-refractivity contribution in [2.45, 2.75) is 36.1 Å². The highest BCUT2D eigenvalue weighted by atomic mass is 15.2. The Balaban J connectivity index is 1.14. The van der Waals surface area contributed by atoms with E-state index in [9.17, 15) is 0 Å². The highest BCUT2D eigenvalue weighted by molar-refractivity contribution is 5.89. The maximum atomic E-state index is 5.31. The van der Waals surface area contributed by atoms with Crippen LogP contribution in [0.5, 0.6) is 0 Å². The highest BCUT2D eigenvalue weighted by Gasteiger charge is 2.57. The summed E-state index contributed by atoms with van der Waals surface area (Å²) in [4.78, 5) is 19.8. The van der Waals surface area contributed by atoms with Gasteiger partial charge in [-0.1, -0.05) is 138 Å². The van der Waals surface area contributed by atoms with Crippen LogP contribution in [0, 0.1) is 0 Å². The zero-order valence-corrected chi connectivity index (χ0v) is 36.9. The minimum absolute atomic E-state index is 0.319. The molecule has 5 aromatic carbocycles. The smallest absolute Gasteiger partial charge is 0.264 e. The molecule has 0 radical (unpaired) electrons. The molecule has 3 atom stereocenters. The quantitative estimate of drug-likeness (QED) is 0.150. The lowest BCUT2D eigenvalue weighted by Crippen LogP contribution is -2.38. The lowest BCUT2D eigenvalue weighted by molar-refractivity contribution is -0.533. The number of hydrogen-bond acceptors (Lipinski definition) is 4. The van der Waals surface area contributed by atoms with Gasteiger partial charge in [0.25, 0.3) is 5.54 Å². The van der Waals surface area contributed by atoms with E-state index in [4.69, 9.17) is 19.9 Å². The average Bonchev–Trinajstić information content (AvgIpc) is 4.11. The third-order valence-corrected chi connectivity index (χ3v) is 14.9. The summed E-state index contributed by atoms with van der Waals surface area (Å²) in [5, 5.41) is 0. The van der Waals surface area contributed by atoms with Crippen LogP contribution in [0.2, 0.25) is 0 Å². The van der Waals surface area contributed by atoms with E-state index >= 15 is 0 Å². The summed E-state index contributed by atoms with van der Waals surface area (Å²) in [6.07, 6.45) is 18.2. The number of benzene rings is 5. The van der Waals surface area contributed by atoms with Gasteiger partial charge in [0.2, 0.25) is 12.4 Å². The first kappa shape index (κ1) is 38.3. The second-order valence-electron chi connectivity index (χ2n) is 18.3. The van der Waals surface area contributed by atoms with Gasteiger partial charge in [-0.05, 0) is 120 Å². The van der Waals surface area contributed by atoms with E-state index < -0.39 is 16.4 Å².